The maximum Gasteiger partial charge on any atom is 0.220 e. The van der Waals surface area contributed by atoms with Crippen LogP contribution in [-0.2, 0) is 4.79 Å². The van der Waals surface area contributed by atoms with E-state index >= 15 is 0 Å². The molecule has 2 nitrogen and oxygen atoms in total. The maximum atomic E-state index is 10.6. The first-order chi connectivity index (χ1) is 5.18. The molecule has 0 saturated heterocycles. The SMILES string of the molecule is CC(=O)NC1=CC=C(C)CC1. The van der Waals surface area contributed by atoms with E-state index in [2.05, 4.69) is 18.3 Å². The average molecular weight is 151 g/mol. The summed E-state index contributed by atoms with van der Waals surface area (Å²) < 4.78 is 0. The van der Waals surface area contributed by atoms with Crippen LogP contribution in [0.25, 0.3) is 0 Å². The summed E-state index contributed by atoms with van der Waals surface area (Å²) in [5, 5.41) is 2.78. The normalized spacial score (nSPS) is 16.9. The summed E-state index contributed by atoms with van der Waals surface area (Å²) in [5.74, 6) is 0.0178. The third-order valence-electron chi connectivity index (χ3n) is 1.69. The number of rotatable bonds is 1. The molecule has 1 N–H and O–H groups in total. The van der Waals surface area contributed by atoms with Crippen molar-refractivity contribution in [3.63, 3.8) is 0 Å². The molecule has 0 aromatic carbocycles. The Hall–Kier alpha value is -1.05. The third kappa shape index (κ3) is 2.58. The maximum absolute atomic E-state index is 10.6. The molecular formula is C9H13NO. The molecule has 0 bridgehead atoms. The van der Waals surface area contributed by atoms with Gasteiger partial charge < -0.3 is 5.32 Å². The first-order valence-electron chi connectivity index (χ1n) is 3.82. The van der Waals surface area contributed by atoms with Gasteiger partial charge in [-0.05, 0) is 25.8 Å². The molecule has 1 rings (SSSR count). The van der Waals surface area contributed by atoms with Crippen molar-refractivity contribution >= 4 is 5.91 Å². The van der Waals surface area contributed by atoms with E-state index in [9.17, 15) is 4.79 Å². The second-order valence-electron chi connectivity index (χ2n) is 2.89. The largest absolute Gasteiger partial charge is 0.330 e. The van der Waals surface area contributed by atoms with Crippen LogP contribution in [0.3, 0.4) is 0 Å². The van der Waals surface area contributed by atoms with Crippen LogP contribution < -0.4 is 5.32 Å². The average Bonchev–Trinajstić information content (AvgIpc) is 1.93. The highest BCUT2D eigenvalue weighted by molar-refractivity contribution is 5.75. The van der Waals surface area contributed by atoms with Gasteiger partial charge in [-0.3, -0.25) is 4.79 Å². The number of hydrogen-bond donors (Lipinski definition) is 1. The van der Waals surface area contributed by atoms with E-state index in [4.69, 9.17) is 0 Å². The minimum absolute atomic E-state index is 0.0178. The molecule has 0 aromatic heterocycles. The molecule has 1 aliphatic rings. The lowest BCUT2D eigenvalue weighted by molar-refractivity contribution is -0.118. The fourth-order valence-corrected chi connectivity index (χ4v) is 1.07. The van der Waals surface area contributed by atoms with Crippen molar-refractivity contribution in [2.75, 3.05) is 0 Å². The van der Waals surface area contributed by atoms with Gasteiger partial charge in [-0.1, -0.05) is 11.6 Å². The minimum atomic E-state index is 0.0178. The van der Waals surface area contributed by atoms with Crippen molar-refractivity contribution in [2.24, 2.45) is 0 Å². The lowest BCUT2D eigenvalue weighted by Gasteiger charge is -2.11. The number of carbonyl (C=O) groups excluding carboxylic acids is 1. The summed E-state index contributed by atoms with van der Waals surface area (Å²) in [6.45, 7) is 3.63. The summed E-state index contributed by atoms with van der Waals surface area (Å²) >= 11 is 0. The van der Waals surface area contributed by atoms with Crippen molar-refractivity contribution < 1.29 is 4.79 Å². The highest BCUT2D eigenvalue weighted by Gasteiger charge is 2.03. The number of amides is 1. The second kappa shape index (κ2) is 3.37. The smallest absolute Gasteiger partial charge is 0.220 e. The van der Waals surface area contributed by atoms with Gasteiger partial charge in [0.1, 0.15) is 0 Å². The molecule has 0 atom stereocenters. The quantitative estimate of drug-likeness (QED) is 0.607. The Bertz CT molecular complexity index is 226. The molecule has 0 aliphatic heterocycles. The zero-order chi connectivity index (χ0) is 8.27. The molecule has 2 heteroatoms. The molecule has 0 radical (unpaired) electrons. The third-order valence-corrected chi connectivity index (χ3v) is 1.69. The first kappa shape index (κ1) is 8.05. The second-order valence-corrected chi connectivity index (χ2v) is 2.89. The van der Waals surface area contributed by atoms with E-state index in [1.54, 1.807) is 0 Å². The minimum Gasteiger partial charge on any atom is -0.330 e. The topological polar surface area (TPSA) is 29.1 Å². The van der Waals surface area contributed by atoms with Gasteiger partial charge in [-0.15, -0.1) is 0 Å². The van der Waals surface area contributed by atoms with E-state index in [-0.39, 0.29) is 5.91 Å². The zero-order valence-corrected chi connectivity index (χ0v) is 6.98. The summed E-state index contributed by atoms with van der Waals surface area (Å²) in [6.07, 6.45) is 6.04. The molecule has 60 valence electrons. The molecule has 1 aliphatic carbocycles. The molecule has 0 heterocycles. The molecule has 0 aromatic rings. The van der Waals surface area contributed by atoms with Crippen LogP contribution in [0.1, 0.15) is 26.7 Å². The van der Waals surface area contributed by atoms with Gasteiger partial charge in [0.25, 0.3) is 0 Å². The van der Waals surface area contributed by atoms with E-state index in [1.807, 2.05) is 6.08 Å². The highest BCUT2D eigenvalue weighted by atomic mass is 16.1. The fourth-order valence-electron chi connectivity index (χ4n) is 1.07. The van der Waals surface area contributed by atoms with Crippen LogP contribution in [-0.4, -0.2) is 5.91 Å². The van der Waals surface area contributed by atoms with Crippen LogP contribution in [0, 0.1) is 0 Å². The van der Waals surface area contributed by atoms with E-state index < -0.39 is 0 Å². The van der Waals surface area contributed by atoms with Crippen molar-refractivity contribution in [1.29, 1.82) is 0 Å². The van der Waals surface area contributed by atoms with E-state index in [1.165, 1.54) is 12.5 Å². The van der Waals surface area contributed by atoms with Crippen LogP contribution >= 0.6 is 0 Å². The Balaban J connectivity index is 2.54. The molecular weight excluding hydrogens is 138 g/mol. The van der Waals surface area contributed by atoms with E-state index in [0.29, 0.717) is 0 Å². The van der Waals surface area contributed by atoms with Gasteiger partial charge in [0.2, 0.25) is 5.91 Å². The van der Waals surface area contributed by atoms with Crippen molar-refractivity contribution in [3.05, 3.63) is 23.4 Å². The predicted octanol–water partition coefficient (Wildman–Crippen LogP) is 1.75. The van der Waals surface area contributed by atoms with Crippen LogP contribution in [0.2, 0.25) is 0 Å². The van der Waals surface area contributed by atoms with Gasteiger partial charge >= 0.3 is 0 Å². The summed E-state index contributed by atoms with van der Waals surface area (Å²) in [6, 6.07) is 0. The fraction of sp³-hybridized carbons (Fsp3) is 0.444. The lowest BCUT2D eigenvalue weighted by Crippen LogP contribution is -2.19. The standard InChI is InChI=1S/C9H13NO/c1-7-3-5-9(6-4-7)10-8(2)11/h3,5H,4,6H2,1-2H3,(H,10,11). The number of nitrogens with one attached hydrogen (secondary N) is 1. The molecule has 1 amide bonds. The number of allylic oxidation sites excluding steroid dienone is 4. The van der Waals surface area contributed by atoms with Gasteiger partial charge in [-0.25, -0.2) is 0 Å². The molecule has 0 spiro atoms. The lowest BCUT2D eigenvalue weighted by atomic mass is 10.0. The van der Waals surface area contributed by atoms with Crippen LogP contribution in [0.15, 0.2) is 23.4 Å². The Morgan fingerprint density at radius 1 is 1.45 bits per heavy atom. The van der Waals surface area contributed by atoms with Gasteiger partial charge in [-0.2, -0.15) is 0 Å². The highest BCUT2D eigenvalue weighted by Crippen LogP contribution is 2.15. The Labute approximate surface area is 67.0 Å². The molecule has 11 heavy (non-hydrogen) atoms. The summed E-state index contributed by atoms with van der Waals surface area (Å²) in [5.41, 5.74) is 2.40. The van der Waals surface area contributed by atoms with Gasteiger partial charge in [0.05, 0.1) is 0 Å². The van der Waals surface area contributed by atoms with Crippen LogP contribution in [0.5, 0.6) is 0 Å². The van der Waals surface area contributed by atoms with E-state index in [0.717, 1.165) is 18.5 Å². The summed E-state index contributed by atoms with van der Waals surface area (Å²) in [4.78, 5) is 10.6. The van der Waals surface area contributed by atoms with Crippen LogP contribution in [0.4, 0.5) is 0 Å². The van der Waals surface area contributed by atoms with Crippen molar-refractivity contribution in [2.45, 2.75) is 26.7 Å². The van der Waals surface area contributed by atoms with Gasteiger partial charge in [0.15, 0.2) is 0 Å². The zero-order valence-electron chi connectivity index (χ0n) is 6.98. The predicted molar refractivity (Wildman–Crippen MR) is 44.9 cm³/mol. The molecule has 0 saturated carbocycles. The molecule has 0 unspecified atom stereocenters. The molecule has 0 fully saturated rings. The number of carbonyl (C=O) groups is 1. The first-order valence-corrected chi connectivity index (χ1v) is 3.82. The van der Waals surface area contributed by atoms with Crippen molar-refractivity contribution in [1.82, 2.24) is 5.32 Å². The van der Waals surface area contributed by atoms with Crippen molar-refractivity contribution in [3.8, 4) is 0 Å². The van der Waals surface area contributed by atoms with Gasteiger partial charge in [0, 0.05) is 12.6 Å². The Kier molecular flexibility index (Phi) is 2.47. The number of hydrogen-bond acceptors (Lipinski definition) is 1. The Morgan fingerprint density at radius 2 is 2.18 bits per heavy atom. The summed E-state index contributed by atoms with van der Waals surface area (Å²) in [7, 11) is 0. The Morgan fingerprint density at radius 3 is 2.64 bits per heavy atom. The monoisotopic (exact) mass is 151 g/mol.